The van der Waals surface area contributed by atoms with Gasteiger partial charge >= 0.3 is 6.36 Å². The summed E-state index contributed by atoms with van der Waals surface area (Å²) in [5.41, 5.74) is 0.138. The van der Waals surface area contributed by atoms with Crippen LogP contribution in [0.5, 0.6) is 5.75 Å². The summed E-state index contributed by atoms with van der Waals surface area (Å²) >= 11 is 0. The number of rotatable bonds is 4. The molecule has 2 atom stereocenters. The number of alkyl halides is 3. The van der Waals surface area contributed by atoms with E-state index in [1.54, 1.807) is 6.07 Å². The molecule has 3 nitrogen and oxygen atoms in total. The normalized spacial score (nSPS) is 21.5. The maximum atomic E-state index is 12.3. The number of aliphatic hydroxyl groups is 1. The lowest BCUT2D eigenvalue weighted by molar-refractivity contribution is -0.275. The van der Waals surface area contributed by atoms with Gasteiger partial charge in [-0.15, -0.1) is 13.2 Å². The minimum atomic E-state index is -4.77. The first-order chi connectivity index (χ1) is 9.46. The quantitative estimate of drug-likeness (QED) is 0.921. The lowest BCUT2D eigenvalue weighted by Crippen LogP contribution is -2.23. The molecule has 0 aliphatic carbocycles. The number of halogens is 3. The van der Waals surface area contributed by atoms with Gasteiger partial charge in [0.25, 0.3) is 0 Å². The zero-order valence-corrected chi connectivity index (χ0v) is 10.9. The topological polar surface area (TPSA) is 38.7 Å². The number of ether oxygens (including phenoxy) is 2. The van der Waals surface area contributed by atoms with Crippen LogP contribution in [0.2, 0.25) is 0 Å². The molecule has 1 aromatic rings. The third-order valence-electron chi connectivity index (χ3n) is 3.26. The molecule has 1 heterocycles. The molecule has 0 spiro atoms. The van der Waals surface area contributed by atoms with E-state index in [4.69, 9.17) is 4.74 Å². The Morgan fingerprint density at radius 2 is 2.05 bits per heavy atom. The third-order valence-corrected chi connectivity index (χ3v) is 3.26. The number of hydrogen-bond donors (Lipinski definition) is 1. The molecule has 0 saturated carbocycles. The van der Waals surface area contributed by atoms with Crippen LogP contribution >= 0.6 is 0 Å². The van der Waals surface area contributed by atoms with Crippen molar-refractivity contribution < 1.29 is 27.8 Å². The molecule has 6 heteroatoms. The van der Waals surface area contributed by atoms with Crippen molar-refractivity contribution >= 4 is 0 Å². The van der Waals surface area contributed by atoms with E-state index in [9.17, 15) is 18.3 Å². The van der Waals surface area contributed by atoms with Gasteiger partial charge in [0.2, 0.25) is 0 Å². The zero-order valence-electron chi connectivity index (χ0n) is 10.9. The monoisotopic (exact) mass is 290 g/mol. The SMILES string of the molecule is OC(CC1CCCCO1)c1ccccc1OC(F)(F)F. The summed E-state index contributed by atoms with van der Waals surface area (Å²) in [4.78, 5) is 0. The van der Waals surface area contributed by atoms with Gasteiger partial charge in [-0.1, -0.05) is 18.2 Å². The van der Waals surface area contributed by atoms with Crippen LogP contribution in [0.3, 0.4) is 0 Å². The molecule has 1 aromatic carbocycles. The molecule has 112 valence electrons. The fourth-order valence-corrected chi connectivity index (χ4v) is 2.34. The summed E-state index contributed by atoms with van der Waals surface area (Å²) < 4.78 is 46.4. The smallest absolute Gasteiger partial charge is 0.405 e. The van der Waals surface area contributed by atoms with E-state index in [1.165, 1.54) is 18.2 Å². The Bertz CT molecular complexity index is 428. The van der Waals surface area contributed by atoms with Gasteiger partial charge < -0.3 is 14.6 Å². The molecule has 1 fully saturated rings. The molecule has 0 bridgehead atoms. The van der Waals surface area contributed by atoms with E-state index in [0.717, 1.165) is 19.3 Å². The summed E-state index contributed by atoms with van der Waals surface area (Å²) in [5, 5.41) is 10.1. The first-order valence-corrected chi connectivity index (χ1v) is 6.60. The van der Waals surface area contributed by atoms with Gasteiger partial charge in [0, 0.05) is 18.6 Å². The van der Waals surface area contributed by atoms with Crippen LogP contribution in [0.15, 0.2) is 24.3 Å². The Labute approximate surface area is 115 Å². The predicted molar refractivity (Wildman–Crippen MR) is 66.3 cm³/mol. The van der Waals surface area contributed by atoms with Gasteiger partial charge in [0.05, 0.1) is 12.2 Å². The molecule has 0 aromatic heterocycles. The second-order valence-corrected chi connectivity index (χ2v) is 4.83. The van der Waals surface area contributed by atoms with Crippen LogP contribution in [0, 0.1) is 0 Å². The fourth-order valence-electron chi connectivity index (χ4n) is 2.34. The van der Waals surface area contributed by atoms with Crippen molar-refractivity contribution in [3.8, 4) is 5.75 Å². The van der Waals surface area contributed by atoms with Gasteiger partial charge in [0.1, 0.15) is 5.75 Å². The molecule has 1 aliphatic rings. The summed E-state index contributed by atoms with van der Waals surface area (Å²) in [6.45, 7) is 0.637. The highest BCUT2D eigenvalue weighted by atomic mass is 19.4. The average Bonchev–Trinajstić information content (AvgIpc) is 2.38. The van der Waals surface area contributed by atoms with Gasteiger partial charge in [0.15, 0.2) is 0 Å². The van der Waals surface area contributed by atoms with E-state index in [-0.39, 0.29) is 23.8 Å². The molecule has 20 heavy (non-hydrogen) atoms. The van der Waals surface area contributed by atoms with Gasteiger partial charge in [-0.05, 0) is 25.3 Å². The zero-order chi connectivity index (χ0) is 14.6. The third kappa shape index (κ3) is 4.38. The Hall–Kier alpha value is -1.27. The van der Waals surface area contributed by atoms with Crippen molar-refractivity contribution in [1.29, 1.82) is 0 Å². The van der Waals surface area contributed by atoms with E-state index in [1.807, 2.05) is 0 Å². The minimum Gasteiger partial charge on any atom is -0.405 e. The average molecular weight is 290 g/mol. The highest BCUT2D eigenvalue weighted by molar-refractivity contribution is 5.35. The van der Waals surface area contributed by atoms with Crippen LogP contribution in [0.1, 0.15) is 37.4 Å². The molecule has 1 aliphatic heterocycles. The van der Waals surface area contributed by atoms with Crippen molar-refractivity contribution in [2.75, 3.05) is 6.61 Å². The van der Waals surface area contributed by atoms with Crippen molar-refractivity contribution in [2.24, 2.45) is 0 Å². The van der Waals surface area contributed by atoms with E-state index < -0.39 is 12.5 Å². The van der Waals surface area contributed by atoms with E-state index in [2.05, 4.69) is 4.74 Å². The van der Waals surface area contributed by atoms with Crippen molar-refractivity contribution in [2.45, 2.75) is 44.3 Å². The highest BCUT2D eigenvalue weighted by Crippen LogP contribution is 2.33. The van der Waals surface area contributed by atoms with Crippen molar-refractivity contribution in [3.05, 3.63) is 29.8 Å². The summed E-state index contributed by atoms with van der Waals surface area (Å²) in [7, 11) is 0. The lowest BCUT2D eigenvalue weighted by atomic mass is 9.98. The maximum absolute atomic E-state index is 12.3. The number of benzene rings is 1. The van der Waals surface area contributed by atoms with Gasteiger partial charge in [-0.25, -0.2) is 0 Å². The lowest BCUT2D eigenvalue weighted by Gasteiger charge is -2.25. The molecular weight excluding hydrogens is 273 g/mol. The number of aliphatic hydroxyl groups excluding tert-OH is 1. The molecular formula is C14H17F3O3. The van der Waals surface area contributed by atoms with Gasteiger partial charge in [-0.2, -0.15) is 0 Å². The number of para-hydroxylation sites is 1. The van der Waals surface area contributed by atoms with Crippen LogP contribution < -0.4 is 4.74 Å². The Morgan fingerprint density at radius 1 is 1.30 bits per heavy atom. The minimum absolute atomic E-state index is 0.113. The van der Waals surface area contributed by atoms with Crippen LogP contribution in [-0.2, 0) is 4.74 Å². The molecule has 1 saturated heterocycles. The first-order valence-electron chi connectivity index (χ1n) is 6.60. The Morgan fingerprint density at radius 3 is 2.70 bits per heavy atom. The highest BCUT2D eigenvalue weighted by Gasteiger charge is 2.33. The van der Waals surface area contributed by atoms with Crippen molar-refractivity contribution in [1.82, 2.24) is 0 Å². The molecule has 2 rings (SSSR count). The van der Waals surface area contributed by atoms with Crippen LogP contribution in [0.25, 0.3) is 0 Å². The van der Waals surface area contributed by atoms with E-state index >= 15 is 0 Å². The summed E-state index contributed by atoms with van der Waals surface area (Å²) in [5.74, 6) is -0.358. The molecule has 1 N–H and O–H groups in total. The summed E-state index contributed by atoms with van der Waals surface area (Å²) in [6, 6.07) is 5.65. The fraction of sp³-hybridized carbons (Fsp3) is 0.571. The van der Waals surface area contributed by atoms with E-state index in [0.29, 0.717) is 6.61 Å². The maximum Gasteiger partial charge on any atom is 0.573 e. The molecule has 0 amide bonds. The van der Waals surface area contributed by atoms with Crippen molar-refractivity contribution in [3.63, 3.8) is 0 Å². The molecule has 2 unspecified atom stereocenters. The second-order valence-electron chi connectivity index (χ2n) is 4.83. The predicted octanol–water partition coefficient (Wildman–Crippen LogP) is 3.58. The first kappa shape index (κ1) is 15.1. The number of hydrogen-bond acceptors (Lipinski definition) is 3. The van der Waals surface area contributed by atoms with Gasteiger partial charge in [-0.3, -0.25) is 0 Å². The Kier molecular flexibility index (Phi) is 4.88. The second kappa shape index (κ2) is 6.45. The Balaban J connectivity index is 2.06. The molecule has 0 radical (unpaired) electrons. The largest absolute Gasteiger partial charge is 0.573 e. The summed E-state index contributed by atoms with van der Waals surface area (Å²) in [6.07, 6.45) is -2.82. The standard InChI is InChI=1S/C14H17F3O3/c15-14(16,17)20-13-7-2-1-6-11(13)12(18)9-10-5-3-4-8-19-10/h1-2,6-7,10,12,18H,3-5,8-9H2. The van der Waals surface area contributed by atoms with Crippen LogP contribution in [-0.4, -0.2) is 24.2 Å². The van der Waals surface area contributed by atoms with Crippen LogP contribution in [0.4, 0.5) is 13.2 Å².